The third kappa shape index (κ3) is 4.63. The van der Waals surface area contributed by atoms with E-state index in [1.165, 1.54) is 0 Å². The van der Waals surface area contributed by atoms with E-state index in [2.05, 4.69) is 39.9 Å². The Morgan fingerprint density at radius 1 is 1.15 bits per heavy atom. The Balaban J connectivity index is 3.93. The molecule has 3 atom stereocenters. The van der Waals surface area contributed by atoms with Crippen LogP contribution in [0.4, 0.5) is 0 Å². The smallest absolute Gasteiger partial charge is 0.0471 e. The Labute approximate surface area is 82.7 Å². The third-order valence-electron chi connectivity index (χ3n) is 2.86. The average Bonchev–Trinajstić information content (AvgIpc) is 2.11. The van der Waals surface area contributed by atoms with Crippen molar-refractivity contribution in [1.82, 2.24) is 5.32 Å². The Morgan fingerprint density at radius 3 is 2.00 bits per heavy atom. The molecule has 0 aromatic rings. The summed E-state index contributed by atoms with van der Waals surface area (Å²) in [6.45, 7) is 11.2. The van der Waals surface area contributed by atoms with Crippen molar-refractivity contribution in [3.63, 3.8) is 0 Å². The van der Waals surface area contributed by atoms with E-state index in [1.54, 1.807) is 0 Å². The van der Waals surface area contributed by atoms with E-state index in [4.69, 9.17) is 5.11 Å². The quantitative estimate of drug-likeness (QED) is 0.667. The lowest BCUT2D eigenvalue weighted by molar-refractivity contribution is 0.193. The first-order valence-electron chi connectivity index (χ1n) is 5.39. The molecule has 0 heterocycles. The second-order valence-corrected chi connectivity index (χ2v) is 4.37. The van der Waals surface area contributed by atoms with Gasteiger partial charge in [-0.05, 0) is 25.2 Å². The molecule has 2 N–H and O–H groups in total. The Morgan fingerprint density at radius 2 is 1.69 bits per heavy atom. The van der Waals surface area contributed by atoms with E-state index >= 15 is 0 Å². The van der Waals surface area contributed by atoms with Gasteiger partial charge in [0.15, 0.2) is 0 Å². The topological polar surface area (TPSA) is 32.3 Å². The lowest BCUT2D eigenvalue weighted by Crippen LogP contribution is -2.43. The van der Waals surface area contributed by atoms with Gasteiger partial charge >= 0.3 is 0 Å². The zero-order chi connectivity index (χ0) is 10.4. The zero-order valence-corrected chi connectivity index (χ0v) is 9.67. The van der Waals surface area contributed by atoms with Crippen molar-refractivity contribution in [1.29, 1.82) is 0 Å². The van der Waals surface area contributed by atoms with Crippen molar-refractivity contribution in [3.8, 4) is 0 Å². The molecule has 0 amide bonds. The molecule has 2 nitrogen and oxygen atoms in total. The van der Waals surface area contributed by atoms with Crippen molar-refractivity contribution in [2.75, 3.05) is 6.61 Å². The molecule has 2 heteroatoms. The number of aliphatic hydroxyl groups is 1. The van der Waals surface area contributed by atoms with Crippen LogP contribution in [0.1, 0.15) is 41.0 Å². The minimum absolute atomic E-state index is 0.267. The maximum atomic E-state index is 8.99. The fourth-order valence-electron chi connectivity index (χ4n) is 1.44. The lowest BCUT2D eigenvalue weighted by atomic mass is 9.97. The van der Waals surface area contributed by atoms with Crippen LogP contribution in [0.2, 0.25) is 0 Å². The summed E-state index contributed by atoms with van der Waals surface area (Å²) in [6, 6.07) is 0.973. The van der Waals surface area contributed by atoms with Gasteiger partial charge in [0.05, 0.1) is 0 Å². The minimum atomic E-state index is 0.267. The summed E-state index contributed by atoms with van der Waals surface area (Å²) in [7, 11) is 0. The summed E-state index contributed by atoms with van der Waals surface area (Å²) in [6.07, 6.45) is 1.15. The zero-order valence-electron chi connectivity index (χ0n) is 9.67. The normalized spacial score (nSPS) is 18.7. The molecule has 0 aliphatic carbocycles. The monoisotopic (exact) mass is 187 g/mol. The SMILES string of the molecule is CCC(NC(C)C(C)CO)C(C)C. The van der Waals surface area contributed by atoms with E-state index in [-0.39, 0.29) is 6.61 Å². The summed E-state index contributed by atoms with van der Waals surface area (Å²) in [5.74, 6) is 1.01. The summed E-state index contributed by atoms with van der Waals surface area (Å²) < 4.78 is 0. The minimum Gasteiger partial charge on any atom is -0.396 e. The maximum absolute atomic E-state index is 8.99. The molecule has 0 spiro atoms. The highest BCUT2D eigenvalue weighted by Crippen LogP contribution is 2.09. The van der Waals surface area contributed by atoms with Gasteiger partial charge in [0.25, 0.3) is 0 Å². The van der Waals surface area contributed by atoms with Crippen LogP contribution >= 0.6 is 0 Å². The molecule has 0 radical (unpaired) electrons. The Hall–Kier alpha value is -0.0800. The van der Waals surface area contributed by atoms with Gasteiger partial charge in [-0.15, -0.1) is 0 Å². The van der Waals surface area contributed by atoms with Gasteiger partial charge in [-0.3, -0.25) is 0 Å². The maximum Gasteiger partial charge on any atom is 0.0471 e. The highest BCUT2D eigenvalue weighted by Gasteiger charge is 2.17. The van der Waals surface area contributed by atoms with Gasteiger partial charge in [0, 0.05) is 18.7 Å². The number of nitrogens with one attached hydrogen (secondary N) is 1. The van der Waals surface area contributed by atoms with E-state index < -0.39 is 0 Å². The fraction of sp³-hybridized carbons (Fsp3) is 1.00. The molecule has 13 heavy (non-hydrogen) atoms. The van der Waals surface area contributed by atoms with Gasteiger partial charge in [-0.1, -0.05) is 27.7 Å². The van der Waals surface area contributed by atoms with Gasteiger partial charge < -0.3 is 10.4 Å². The van der Waals surface area contributed by atoms with Gasteiger partial charge in [0.2, 0.25) is 0 Å². The van der Waals surface area contributed by atoms with Crippen LogP contribution < -0.4 is 5.32 Å². The molecule has 0 saturated carbocycles. The lowest BCUT2D eigenvalue weighted by Gasteiger charge is -2.28. The summed E-state index contributed by atoms with van der Waals surface area (Å²) >= 11 is 0. The summed E-state index contributed by atoms with van der Waals surface area (Å²) in [4.78, 5) is 0. The standard InChI is InChI=1S/C11H25NO/c1-6-11(8(2)3)12-10(5)9(4)7-13/h8-13H,6-7H2,1-5H3. The van der Waals surface area contributed by atoms with Crippen molar-refractivity contribution < 1.29 is 5.11 Å². The fourth-order valence-corrected chi connectivity index (χ4v) is 1.44. The van der Waals surface area contributed by atoms with E-state index in [9.17, 15) is 0 Å². The predicted molar refractivity (Wildman–Crippen MR) is 57.8 cm³/mol. The first-order valence-corrected chi connectivity index (χ1v) is 5.39. The Bertz CT molecular complexity index is 125. The molecule has 3 unspecified atom stereocenters. The first kappa shape index (κ1) is 12.9. The van der Waals surface area contributed by atoms with Crippen LogP contribution in [0.5, 0.6) is 0 Å². The molecule has 0 aromatic carbocycles. The molecular formula is C11H25NO. The van der Waals surface area contributed by atoms with Crippen molar-refractivity contribution in [2.24, 2.45) is 11.8 Å². The number of rotatable bonds is 6. The number of aliphatic hydroxyl groups excluding tert-OH is 1. The molecule has 0 fully saturated rings. The molecule has 0 saturated heterocycles. The van der Waals surface area contributed by atoms with Crippen LogP contribution in [0.25, 0.3) is 0 Å². The second kappa shape index (κ2) is 6.39. The van der Waals surface area contributed by atoms with E-state index in [0.717, 1.165) is 6.42 Å². The van der Waals surface area contributed by atoms with Crippen molar-refractivity contribution >= 4 is 0 Å². The summed E-state index contributed by atoms with van der Waals surface area (Å²) in [5, 5.41) is 12.5. The second-order valence-electron chi connectivity index (χ2n) is 4.37. The largest absolute Gasteiger partial charge is 0.396 e. The van der Waals surface area contributed by atoms with Crippen LogP contribution in [0.3, 0.4) is 0 Å². The van der Waals surface area contributed by atoms with Crippen LogP contribution in [0.15, 0.2) is 0 Å². The molecule has 0 bridgehead atoms. The third-order valence-corrected chi connectivity index (χ3v) is 2.86. The van der Waals surface area contributed by atoms with E-state index in [1.807, 2.05) is 0 Å². The molecular weight excluding hydrogens is 162 g/mol. The number of hydrogen-bond donors (Lipinski definition) is 2. The molecule has 80 valence electrons. The average molecular weight is 187 g/mol. The molecule has 0 aliphatic heterocycles. The predicted octanol–water partition coefficient (Wildman–Crippen LogP) is 2.03. The Kier molecular flexibility index (Phi) is 6.35. The summed E-state index contributed by atoms with van der Waals surface area (Å²) in [5.41, 5.74) is 0. The molecule has 0 rings (SSSR count). The van der Waals surface area contributed by atoms with Crippen LogP contribution in [-0.2, 0) is 0 Å². The van der Waals surface area contributed by atoms with Gasteiger partial charge in [-0.2, -0.15) is 0 Å². The van der Waals surface area contributed by atoms with Gasteiger partial charge in [-0.25, -0.2) is 0 Å². The van der Waals surface area contributed by atoms with Crippen LogP contribution in [-0.4, -0.2) is 23.8 Å². The van der Waals surface area contributed by atoms with Crippen molar-refractivity contribution in [2.45, 2.75) is 53.1 Å². The van der Waals surface area contributed by atoms with E-state index in [0.29, 0.717) is 23.9 Å². The first-order chi connectivity index (χ1) is 6.02. The number of hydrogen-bond acceptors (Lipinski definition) is 2. The highest BCUT2D eigenvalue weighted by molar-refractivity contribution is 4.75. The van der Waals surface area contributed by atoms with Crippen LogP contribution in [0, 0.1) is 11.8 Å². The molecule has 0 aliphatic rings. The van der Waals surface area contributed by atoms with Gasteiger partial charge in [0.1, 0.15) is 0 Å². The molecule has 0 aromatic heterocycles. The highest BCUT2D eigenvalue weighted by atomic mass is 16.3. The van der Waals surface area contributed by atoms with Crippen molar-refractivity contribution in [3.05, 3.63) is 0 Å².